The van der Waals surface area contributed by atoms with Crippen molar-refractivity contribution in [3.8, 4) is 0 Å². The highest BCUT2D eigenvalue weighted by Crippen LogP contribution is 2.28. The zero-order chi connectivity index (χ0) is 13.7. The van der Waals surface area contributed by atoms with Crippen molar-refractivity contribution in [2.24, 2.45) is 17.1 Å². The second-order valence-corrected chi connectivity index (χ2v) is 6.78. The van der Waals surface area contributed by atoms with Gasteiger partial charge in [-0.05, 0) is 43.7 Å². The van der Waals surface area contributed by atoms with Crippen molar-refractivity contribution in [2.75, 3.05) is 32.7 Å². The van der Waals surface area contributed by atoms with Crippen LogP contribution in [-0.4, -0.2) is 43.5 Å². The highest BCUT2D eigenvalue weighted by molar-refractivity contribution is 5.85. The van der Waals surface area contributed by atoms with Crippen molar-refractivity contribution in [3.63, 3.8) is 0 Å². The summed E-state index contributed by atoms with van der Waals surface area (Å²) in [6.45, 7) is 6.31. The molecule has 1 aliphatic carbocycles. The minimum atomic E-state index is 0. The number of nitrogens with one attached hydrogen (secondary N) is 1. The lowest BCUT2D eigenvalue weighted by Gasteiger charge is -2.24. The molecule has 1 unspecified atom stereocenters. The number of halogens is 1. The lowest BCUT2D eigenvalue weighted by molar-refractivity contribution is -0.122. The fourth-order valence-electron chi connectivity index (χ4n) is 3.34. The molecule has 2 aliphatic rings. The maximum absolute atomic E-state index is 12.0. The standard InChI is InChI=1S/C15H29N3O.ClH/c1-15(11-16)7-8-18(12-15)10-14(19)17-9-13-5-3-2-4-6-13;/h13H,2-12,16H2,1H3,(H,17,19);1H. The Morgan fingerprint density at radius 3 is 2.65 bits per heavy atom. The average Bonchev–Trinajstić information content (AvgIpc) is 2.80. The maximum atomic E-state index is 12.0. The summed E-state index contributed by atoms with van der Waals surface area (Å²) in [5, 5.41) is 3.11. The molecular formula is C15H30ClN3O. The summed E-state index contributed by atoms with van der Waals surface area (Å²) in [6, 6.07) is 0. The molecule has 1 aliphatic heterocycles. The largest absolute Gasteiger partial charge is 0.355 e. The van der Waals surface area contributed by atoms with E-state index in [2.05, 4.69) is 17.1 Å². The van der Waals surface area contributed by atoms with Gasteiger partial charge in [-0.3, -0.25) is 9.69 Å². The number of carbonyl (C=O) groups excluding carboxylic acids is 1. The molecule has 1 saturated heterocycles. The molecule has 1 amide bonds. The van der Waals surface area contributed by atoms with Crippen LogP contribution in [0.1, 0.15) is 45.4 Å². The summed E-state index contributed by atoms with van der Waals surface area (Å²) in [6.07, 6.45) is 7.73. The van der Waals surface area contributed by atoms with Crippen LogP contribution in [0.15, 0.2) is 0 Å². The second-order valence-electron chi connectivity index (χ2n) is 6.78. The van der Waals surface area contributed by atoms with Crippen LogP contribution >= 0.6 is 12.4 Å². The number of carbonyl (C=O) groups is 1. The van der Waals surface area contributed by atoms with Crippen LogP contribution in [0.2, 0.25) is 0 Å². The molecule has 1 saturated carbocycles. The zero-order valence-electron chi connectivity index (χ0n) is 12.7. The molecule has 0 spiro atoms. The Morgan fingerprint density at radius 1 is 1.35 bits per heavy atom. The van der Waals surface area contributed by atoms with Gasteiger partial charge in [0, 0.05) is 13.1 Å². The van der Waals surface area contributed by atoms with Gasteiger partial charge in [0.2, 0.25) is 5.91 Å². The average molecular weight is 304 g/mol. The molecule has 0 aromatic heterocycles. The Balaban J connectivity index is 0.00000200. The van der Waals surface area contributed by atoms with Gasteiger partial charge in [-0.25, -0.2) is 0 Å². The van der Waals surface area contributed by atoms with Crippen molar-refractivity contribution < 1.29 is 4.79 Å². The lowest BCUT2D eigenvalue weighted by atomic mass is 9.89. The van der Waals surface area contributed by atoms with Gasteiger partial charge in [0.1, 0.15) is 0 Å². The molecule has 2 fully saturated rings. The van der Waals surface area contributed by atoms with E-state index in [0.29, 0.717) is 19.0 Å². The van der Waals surface area contributed by atoms with Gasteiger partial charge in [-0.1, -0.05) is 26.2 Å². The summed E-state index contributed by atoms with van der Waals surface area (Å²) in [5.41, 5.74) is 6.00. The third-order valence-corrected chi connectivity index (χ3v) is 4.81. The van der Waals surface area contributed by atoms with E-state index in [1.54, 1.807) is 0 Å². The van der Waals surface area contributed by atoms with Gasteiger partial charge in [0.15, 0.2) is 0 Å². The Hall–Kier alpha value is -0.320. The minimum absolute atomic E-state index is 0. The Morgan fingerprint density at radius 2 is 2.05 bits per heavy atom. The van der Waals surface area contributed by atoms with Gasteiger partial charge in [0.05, 0.1) is 6.54 Å². The van der Waals surface area contributed by atoms with E-state index in [0.717, 1.165) is 26.1 Å². The number of nitrogens with zero attached hydrogens (tertiary/aromatic N) is 1. The van der Waals surface area contributed by atoms with Gasteiger partial charge < -0.3 is 11.1 Å². The maximum Gasteiger partial charge on any atom is 0.234 e. The third-order valence-electron chi connectivity index (χ3n) is 4.81. The van der Waals surface area contributed by atoms with Gasteiger partial charge in [-0.2, -0.15) is 0 Å². The number of amides is 1. The first kappa shape index (κ1) is 17.7. The Labute approximate surface area is 129 Å². The van der Waals surface area contributed by atoms with E-state index in [1.165, 1.54) is 32.1 Å². The van der Waals surface area contributed by atoms with Crippen molar-refractivity contribution in [2.45, 2.75) is 45.4 Å². The van der Waals surface area contributed by atoms with Gasteiger partial charge in [-0.15, -0.1) is 12.4 Å². The molecule has 118 valence electrons. The summed E-state index contributed by atoms with van der Waals surface area (Å²) in [5.74, 6) is 0.900. The molecular weight excluding hydrogens is 274 g/mol. The van der Waals surface area contributed by atoms with Crippen molar-refractivity contribution in [1.82, 2.24) is 10.2 Å². The smallest absolute Gasteiger partial charge is 0.234 e. The summed E-state index contributed by atoms with van der Waals surface area (Å²) in [7, 11) is 0. The van der Waals surface area contributed by atoms with Crippen LogP contribution in [0, 0.1) is 11.3 Å². The van der Waals surface area contributed by atoms with E-state index in [9.17, 15) is 4.79 Å². The summed E-state index contributed by atoms with van der Waals surface area (Å²) >= 11 is 0. The van der Waals surface area contributed by atoms with Gasteiger partial charge >= 0.3 is 0 Å². The fourth-order valence-corrected chi connectivity index (χ4v) is 3.34. The number of hydrogen-bond donors (Lipinski definition) is 2. The van der Waals surface area contributed by atoms with Crippen LogP contribution in [0.25, 0.3) is 0 Å². The monoisotopic (exact) mass is 303 g/mol. The molecule has 0 aromatic rings. The highest BCUT2D eigenvalue weighted by atomic mass is 35.5. The molecule has 1 atom stereocenters. The van der Waals surface area contributed by atoms with Crippen molar-refractivity contribution >= 4 is 18.3 Å². The molecule has 0 aromatic carbocycles. The molecule has 4 nitrogen and oxygen atoms in total. The number of hydrogen-bond acceptors (Lipinski definition) is 3. The van der Waals surface area contributed by atoms with Crippen molar-refractivity contribution in [1.29, 1.82) is 0 Å². The van der Waals surface area contributed by atoms with E-state index in [1.807, 2.05) is 0 Å². The lowest BCUT2D eigenvalue weighted by Crippen LogP contribution is -2.40. The fraction of sp³-hybridized carbons (Fsp3) is 0.933. The molecule has 0 bridgehead atoms. The number of rotatable bonds is 5. The van der Waals surface area contributed by atoms with Crippen LogP contribution in [0.4, 0.5) is 0 Å². The van der Waals surface area contributed by atoms with E-state index in [4.69, 9.17) is 5.73 Å². The zero-order valence-corrected chi connectivity index (χ0v) is 13.5. The van der Waals surface area contributed by atoms with Crippen molar-refractivity contribution in [3.05, 3.63) is 0 Å². The summed E-state index contributed by atoms with van der Waals surface area (Å²) in [4.78, 5) is 14.2. The van der Waals surface area contributed by atoms with E-state index < -0.39 is 0 Å². The molecule has 0 radical (unpaired) electrons. The third kappa shape index (κ3) is 5.23. The molecule has 2 rings (SSSR count). The topological polar surface area (TPSA) is 58.4 Å². The number of likely N-dealkylation sites (tertiary alicyclic amines) is 1. The predicted octanol–water partition coefficient (Wildman–Crippen LogP) is 1.78. The van der Waals surface area contributed by atoms with Crippen LogP contribution < -0.4 is 11.1 Å². The van der Waals surface area contributed by atoms with Gasteiger partial charge in [0.25, 0.3) is 0 Å². The molecule has 5 heteroatoms. The first-order valence-corrected chi connectivity index (χ1v) is 7.80. The molecule has 3 N–H and O–H groups in total. The Kier molecular flexibility index (Phi) is 7.27. The second kappa shape index (κ2) is 8.20. The quantitative estimate of drug-likeness (QED) is 0.814. The minimum Gasteiger partial charge on any atom is -0.355 e. The molecule has 20 heavy (non-hydrogen) atoms. The van der Waals surface area contributed by atoms with E-state index >= 15 is 0 Å². The highest BCUT2D eigenvalue weighted by Gasteiger charge is 2.33. The SMILES string of the molecule is CC1(CN)CCN(CC(=O)NCC2CCCCC2)C1.Cl. The molecule has 1 heterocycles. The number of nitrogens with two attached hydrogens (primary N) is 1. The summed E-state index contributed by atoms with van der Waals surface area (Å²) < 4.78 is 0. The van der Waals surface area contributed by atoms with Crippen LogP contribution in [0.5, 0.6) is 0 Å². The first-order chi connectivity index (χ1) is 9.11. The van der Waals surface area contributed by atoms with Crippen LogP contribution in [-0.2, 0) is 4.79 Å². The van der Waals surface area contributed by atoms with E-state index in [-0.39, 0.29) is 23.7 Å². The first-order valence-electron chi connectivity index (χ1n) is 7.80. The normalized spacial score (nSPS) is 28.1. The predicted molar refractivity (Wildman–Crippen MR) is 85.1 cm³/mol. The van der Waals surface area contributed by atoms with Crippen LogP contribution in [0.3, 0.4) is 0 Å². The Bertz CT molecular complexity index is 307.